The highest BCUT2D eigenvalue weighted by molar-refractivity contribution is 7.89. The molecule has 0 saturated carbocycles. The lowest BCUT2D eigenvalue weighted by atomic mass is 10.1. The van der Waals surface area contributed by atoms with E-state index in [1.54, 1.807) is 0 Å². The van der Waals surface area contributed by atoms with Crippen molar-refractivity contribution in [1.29, 1.82) is 0 Å². The van der Waals surface area contributed by atoms with Gasteiger partial charge in [0.25, 0.3) is 5.91 Å². The Balaban J connectivity index is 1.79. The normalized spacial score (nSPS) is 16.6. The second kappa shape index (κ2) is 14.1. The monoisotopic (exact) mass is 585 g/mol. The molecule has 0 radical (unpaired) electrons. The molecule has 0 aromatic heterocycles. The molecule has 2 aromatic rings. The van der Waals surface area contributed by atoms with E-state index in [1.165, 1.54) is 41.3 Å². The Labute approximate surface area is 232 Å². The summed E-state index contributed by atoms with van der Waals surface area (Å²) in [7, 11) is -3.93. The SMILES string of the molecule is CCCCCCCCS(=O)(=O)N1CCN(C(=O)c2ccccc2F)CC1C(=O)NCc1ccccc1C(F)(F)F. The van der Waals surface area contributed by atoms with Crippen LogP contribution in [0.2, 0.25) is 0 Å². The molecule has 12 heteroatoms. The van der Waals surface area contributed by atoms with E-state index in [0.717, 1.165) is 42.1 Å². The number of benzene rings is 2. The maximum Gasteiger partial charge on any atom is 0.416 e. The van der Waals surface area contributed by atoms with Gasteiger partial charge in [0.15, 0.2) is 0 Å². The summed E-state index contributed by atoms with van der Waals surface area (Å²) < 4.78 is 82.1. The number of nitrogens with one attached hydrogen (secondary N) is 1. The minimum Gasteiger partial charge on any atom is -0.351 e. The van der Waals surface area contributed by atoms with Crippen LogP contribution in [0.15, 0.2) is 48.5 Å². The van der Waals surface area contributed by atoms with E-state index >= 15 is 0 Å². The maximum atomic E-state index is 14.3. The van der Waals surface area contributed by atoms with Gasteiger partial charge in [-0.1, -0.05) is 69.4 Å². The summed E-state index contributed by atoms with van der Waals surface area (Å²) in [6, 6.07) is 8.71. The Morgan fingerprint density at radius 1 is 0.950 bits per heavy atom. The molecule has 0 bridgehead atoms. The van der Waals surface area contributed by atoms with E-state index in [1.807, 2.05) is 0 Å². The molecule has 1 aliphatic rings. The van der Waals surface area contributed by atoms with Gasteiger partial charge in [-0.25, -0.2) is 12.8 Å². The lowest BCUT2D eigenvalue weighted by Crippen LogP contribution is -2.61. The van der Waals surface area contributed by atoms with Crippen LogP contribution in [-0.4, -0.2) is 60.9 Å². The Morgan fingerprint density at radius 3 is 2.30 bits per heavy atom. The Hall–Kier alpha value is -2.99. The molecule has 2 amide bonds. The van der Waals surface area contributed by atoms with Crippen LogP contribution >= 0.6 is 0 Å². The molecule has 220 valence electrons. The standard InChI is InChI=1S/C28H35F4N3O4S/c1-2-3-4-5-6-11-18-40(38,39)35-17-16-34(27(37)22-13-8-10-15-24(22)29)20-25(35)26(36)33-19-21-12-7-9-14-23(21)28(30,31)32/h7-10,12-15,25H,2-6,11,16-20H2,1H3,(H,33,36). The van der Waals surface area contributed by atoms with Crippen molar-refractivity contribution in [1.82, 2.24) is 14.5 Å². The van der Waals surface area contributed by atoms with Gasteiger partial charge in [0.1, 0.15) is 11.9 Å². The van der Waals surface area contributed by atoms with Crippen molar-refractivity contribution in [2.24, 2.45) is 0 Å². The van der Waals surface area contributed by atoms with Crippen molar-refractivity contribution in [2.45, 2.75) is 64.2 Å². The molecule has 40 heavy (non-hydrogen) atoms. The summed E-state index contributed by atoms with van der Waals surface area (Å²) in [6.45, 7) is 0.959. The van der Waals surface area contributed by atoms with Crippen LogP contribution in [0.3, 0.4) is 0 Å². The third kappa shape index (κ3) is 8.26. The maximum absolute atomic E-state index is 14.3. The smallest absolute Gasteiger partial charge is 0.351 e. The van der Waals surface area contributed by atoms with Crippen molar-refractivity contribution in [3.63, 3.8) is 0 Å². The first kappa shape index (κ1) is 31.5. The van der Waals surface area contributed by atoms with E-state index in [4.69, 9.17) is 0 Å². The molecule has 3 rings (SSSR count). The van der Waals surface area contributed by atoms with E-state index in [9.17, 15) is 35.6 Å². The van der Waals surface area contributed by atoms with Crippen LogP contribution in [0.1, 0.15) is 66.9 Å². The number of unbranched alkanes of at least 4 members (excludes halogenated alkanes) is 5. The quantitative estimate of drug-likeness (QED) is 0.281. The first-order valence-electron chi connectivity index (χ1n) is 13.4. The summed E-state index contributed by atoms with van der Waals surface area (Å²) in [5, 5.41) is 2.43. The zero-order valence-electron chi connectivity index (χ0n) is 22.4. The van der Waals surface area contributed by atoms with Crippen LogP contribution in [0.4, 0.5) is 17.6 Å². The van der Waals surface area contributed by atoms with Crippen molar-refractivity contribution >= 4 is 21.8 Å². The number of amides is 2. The molecule has 0 aliphatic carbocycles. The fourth-order valence-electron chi connectivity index (χ4n) is 4.74. The summed E-state index contributed by atoms with van der Waals surface area (Å²) in [6.07, 6.45) is 0.461. The molecule has 1 heterocycles. The van der Waals surface area contributed by atoms with Gasteiger partial charge in [-0.2, -0.15) is 17.5 Å². The Morgan fingerprint density at radius 2 is 1.60 bits per heavy atom. The van der Waals surface area contributed by atoms with Crippen molar-refractivity contribution in [3.8, 4) is 0 Å². The highest BCUT2D eigenvalue weighted by atomic mass is 32.2. The molecule has 0 spiro atoms. The van der Waals surface area contributed by atoms with Gasteiger partial charge in [0.2, 0.25) is 15.9 Å². The molecule has 7 nitrogen and oxygen atoms in total. The number of piperazine rings is 1. The predicted octanol–water partition coefficient (Wildman–Crippen LogP) is 4.98. The number of carbonyl (C=O) groups is 2. The highest BCUT2D eigenvalue weighted by Crippen LogP contribution is 2.32. The summed E-state index contributed by atoms with van der Waals surface area (Å²) >= 11 is 0. The van der Waals surface area contributed by atoms with Gasteiger partial charge in [0, 0.05) is 26.2 Å². The average molecular weight is 586 g/mol. The lowest BCUT2D eigenvalue weighted by Gasteiger charge is -2.39. The number of nitrogens with zero attached hydrogens (tertiary/aromatic N) is 2. The van der Waals surface area contributed by atoms with Gasteiger partial charge >= 0.3 is 6.18 Å². The second-order valence-corrected chi connectivity index (χ2v) is 11.9. The molecule has 1 atom stereocenters. The van der Waals surface area contributed by atoms with Gasteiger partial charge in [-0.05, 0) is 30.2 Å². The van der Waals surface area contributed by atoms with E-state index in [2.05, 4.69) is 12.2 Å². The minimum absolute atomic E-state index is 0.0659. The van der Waals surface area contributed by atoms with E-state index in [-0.39, 0.29) is 36.5 Å². The number of rotatable bonds is 12. The minimum atomic E-state index is -4.64. The lowest BCUT2D eigenvalue weighted by molar-refractivity contribution is -0.138. The molecule has 2 aromatic carbocycles. The number of alkyl halides is 3. The number of hydrogen-bond donors (Lipinski definition) is 1. The largest absolute Gasteiger partial charge is 0.416 e. The Bertz CT molecular complexity index is 1270. The molecule has 1 aliphatic heterocycles. The van der Waals surface area contributed by atoms with Crippen LogP contribution in [0, 0.1) is 5.82 Å². The number of hydrogen-bond acceptors (Lipinski definition) is 4. The van der Waals surface area contributed by atoms with Crippen LogP contribution in [0.5, 0.6) is 0 Å². The van der Waals surface area contributed by atoms with E-state index in [0.29, 0.717) is 12.8 Å². The topological polar surface area (TPSA) is 86.8 Å². The van der Waals surface area contributed by atoms with E-state index < -0.39 is 52.0 Å². The second-order valence-electron chi connectivity index (χ2n) is 9.81. The molecular weight excluding hydrogens is 550 g/mol. The highest BCUT2D eigenvalue weighted by Gasteiger charge is 2.41. The molecule has 1 unspecified atom stereocenters. The fraction of sp³-hybridized carbons (Fsp3) is 0.500. The van der Waals surface area contributed by atoms with Crippen molar-refractivity contribution < 1.29 is 35.6 Å². The molecule has 1 saturated heterocycles. The average Bonchev–Trinajstić information content (AvgIpc) is 2.92. The summed E-state index contributed by atoms with van der Waals surface area (Å²) in [5.41, 5.74) is -1.31. The first-order chi connectivity index (χ1) is 19.0. The molecule has 1 fully saturated rings. The Kier molecular flexibility index (Phi) is 11.1. The van der Waals surface area contributed by atoms with Gasteiger partial charge in [-0.15, -0.1) is 0 Å². The van der Waals surface area contributed by atoms with Crippen LogP contribution in [-0.2, 0) is 27.5 Å². The zero-order chi connectivity index (χ0) is 29.3. The number of sulfonamides is 1. The molecular formula is C28H35F4N3O4S. The summed E-state index contributed by atoms with van der Waals surface area (Å²) in [5.74, 6) is -2.49. The van der Waals surface area contributed by atoms with Gasteiger partial charge in [0.05, 0.1) is 16.9 Å². The van der Waals surface area contributed by atoms with Crippen molar-refractivity contribution in [3.05, 3.63) is 71.0 Å². The third-order valence-electron chi connectivity index (χ3n) is 6.91. The van der Waals surface area contributed by atoms with Crippen LogP contribution in [0.25, 0.3) is 0 Å². The predicted molar refractivity (Wildman–Crippen MR) is 143 cm³/mol. The first-order valence-corrected chi connectivity index (χ1v) is 15.0. The third-order valence-corrected chi connectivity index (χ3v) is 8.87. The van der Waals surface area contributed by atoms with Gasteiger partial charge in [-0.3, -0.25) is 9.59 Å². The summed E-state index contributed by atoms with van der Waals surface area (Å²) in [4.78, 5) is 27.5. The number of carbonyl (C=O) groups excluding carboxylic acids is 2. The van der Waals surface area contributed by atoms with Gasteiger partial charge < -0.3 is 10.2 Å². The number of halogens is 4. The molecule has 1 N–H and O–H groups in total. The zero-order valence-corrected chi connectivity index (χ0v) is 23.2. The fourth-order valence-corrected chi connectivity index (χ4v) is 6.45. The van der Waals surface area contributed by atoms with Crippen LogP contribution < -0.4 is 5.32 Å². The van der Waals surface area contributed by atoms with Crippen molar-refractivity contribution in [2.75, 3.05) is 25.4 Å².